The van der Waals surface area contributed by atoms with Crippen molar-refractivity contribution in [1.82, 2.24) is 0 Å². The summed E-state index contributed by atoms with van der Waals surface area (Å²) in [4.78, 5) is 47.3. The van der Waals surface area contributed by atoms with Crippen LogP contribution in [0.4, 0.5) is 0 Å². The molecule has 0 heterocycles. The van der Waals surface area contributed by atoms with Gasteiger partial charge < -0.3 is 24.7 Å². The molecule has 0 radical (unpaired) electrons. The zero-order valence-electron chi connectivity index (χ0n) is 19.6. The first-order valence-electron chi connectivity index (χ1n) is 10.4. The van der Waals surface area contributed by atoms with Gasteiger partial charge in [0, 0.05) is 33.1 Å². The van der Waals surface area contributed by atoms with E-state index in [1.807, 2.05) is 13.8 Å². The molecule has 1 rings (SSSR count). The fraction of sp³-hybridized carbons (Fsp3) is 0.565. The van der Waals surface area contributed by atoms with E-state index in [0.717, 1.165) is 0 Å². The first-order valence-corrected chi connectivity index (χ1v) is 10.4. The number of hydrogen-bond acceptors (Lipinski definition) is 9. The summed E-state index contributed by atoms with van der Waals surface area (Å²) in [7, 11) is 1.22. The van der Waals surface area contributed by atoms with Crippen LogP contribution in [-0.2, 0) is 35.1 Å². The van der Waals surface area contributed by atoms with Crippen LogP contribution < -0.4 is 15.2 Å². The van der Waals surface area contributed by atoms with Crippen LogP contribution in [-0.4, -0.2) is 42.6 Å². The molecule has 0 aliphatic rings. The zero-order valence-corrected chi connectivity index (χ0v) is 19.6. The van der Waals surface area contributed by atoms with Crippen molar-refractivity contribution in [2.24, 2.45) is 11.7 Å². The molecule has 1 aromatic carbocycles. The Morgan fingerprint density at radius 2 is 1.59 bits per heavy atom. The molecule has 0 saturated heterocycles. The molecule has 2 N–H and O–H groups in total. The van der Waals surface area contributed by atoms with Gasteiger partial charge in [-0.2, -0.15) is 0 Å². The number of methoxy groups -OCH3 is 1. The van der Waals surface area contributed by atoms with Gasteiger partial charge in [-0.25, -0.2) is 0 Å². The first kappa shape index (κ1) is 27.1. The highest BCUT2D eigenvalue weighted by molar-refractivity contribution is 5.81. The average Bonchev–Trinajstić information content (AvgIpc) is 2.66. The highest BCUT2D eigenvalue weighted by atomic mass is 16.6. The number of benzene rings is 1. The molecule has 9 heteroatoms. The van der Waals surface area contributed by atoms with Crippen molar-refractivity contribution in [1.29, 1.82) is 0 Å². The van der Waals surface area contributed by atoms with Crippen molar-refractivity contribution in [2.75, 3.05) is 7.11 Å². The Balaban J connectivity index is 3.07. The summed E-state index contributed by atoms with van der Waals surface area (Å²) in [5.41, 5.74) is 5.41. The molecule has 2 atom stereocenters. The second-order valence-corrected chi connectivity index (χ2v) is 8.23. The van der Waals surface area contributed by atoms with Crippen molar-refractivity contribution < 1.29 is 38.1 Å². The summed E-state index contributed by atoms with van der Waals surface area (Å²) in [6.45, 7) is 8.11. The van der Waals surface area contributed by atoms with E-state index in [-0.39, 0.29) is 36.7 Å². The molecule has 0 aliphatic heterocycles. The molecule has 0 bridgehead atoms. The van der Waals surface area contributed by atoms with Gasteiger partial charge in [0.2, 0.25) is 0 Å². The standard InChI is InChI=1S/C23H33NO8/c1-14(2)7-10-21(27)30-15(3)12-23(24,22(28)29-6)13-18-8-9-19(31-16(4)25)20(11-18)32-17(5)26/h8-9,11,14-15H,7,10,12-13,24H2,1-6H3/t15?,23-/m1/s1. The number of hydrogen-bond donors (Lipinski definition) is 1. The first-order chi connectivity index (χ1) is 14.9. The van der Waals surface area contributed by atoms with E-state index in [1.165, 1.54) is 33.1 Å². The van der Waals surface area contributed by atoms with Crippen LogP contribution in [0.15, 0.2) is 18.2 Å². The summed E-state index contributed by atoms with van der Waals surface area (Å²) in [6, 6.07) is 4.50. The predicted molar refractivity (Wildman–Crippen MR) is 116 cm³/mol. The molecule has 32 heavy (non-hydrogen) atoms. The largest absolute Gasteiger partial charge is 0.468 e. The Morgan fingerprint density at radius 1 is 1.00 bits per heavy atom. The maximum atomic E-state index is 12.5. The molecule has 0 aliphatic carbocycles. The summed E-state index contributed by atoms with van der Waals surface area (Å²) in [6.07, 6.45) is 0.363. The third-order valence-electron chi connectivity index (χ3n) is 4.54. The molecule has 0 amide bonds. The highest BCUT2D eigenvalue weighted by Crippen LogP contribution is 2.31. The summed E-state index contributed by atoms with van der Waals surface area (Å²) < 4.78 is 20.5. The van der Waals surface area contributed by atoms with E-state index >= 15 is 0 Å². The molecule has 0 fully saturated rings. The van der Waals surface area contributed by atoms with E-state index in [4.69, 9.17) is 24.7 Å². The molecule has 178 valence electrons. The number of rotatable bonds is 11. The van der Waals surface area contributed by atoms with Crippen molar-refractivity contribution in [3.05, 3.63) is 23.8 Å². The summed E-state index contributed by atoms with van der Waals surface area (Å²) in [5, 5.41) is 0. The Labute approximate surface area is 188 Å². The summed E-state index contributed by atoms with van der Waals surface area (Å²) in [5.74, 6) is -1.79. The lowest BCUT2D eigenvalue weighted by atomic mass is 9.86. The SMILES string of the molecule is COC(=O)[C@](N)(Cc1ccc(OC(C)=O)c(OC(C)=O)c1)CC(C)OC(=O)CCC(C)C. The van der Waals surface area contributed by atoms with E-state index < -0.39 is 29.6 Å². The molecule has 1 aromatic rings. The lowest BCUT2D eigenvalue weighted by Gasteiger charge is -2.29. The van der Waals surface area contributed by atoms with Crippen LogP contribution in [0.3, 0.4) is 0 Å². The minimum Gasteiger partial charge on any atom is -0.468 e. The fourth-order valence-corrected chi connectivity index (χ4v) is 3.18. The van der Waals surface area contributed by atoms with Gasteiger partial charge in [-0.3, -0.25) is 19.2 Å². The van der Waals surface area contributed by atoms with Crippen molar-refractivity contribution in [3.8, 4) is 11.5 Å². The number of nitrogens with two attached hydrogens (primary N) is 1. The number of carbonyl (C=O) groups excluding carboxylic acids is 4. The third-order valence-corrected chi connectivity index (χ3v) is 4.54. The monoisotopic (exact) mass is 451 g/mol. The minimum absolute atomic E-state index is 0.00216. The molecule has 0 aromatic heterocycles. The van der Waals surface area contributed by atoms with Crippen LogP contribution in [0, 0.1) is 5.92 Å². The number of ether oxygens (including phenoxy) is 4. The molecular formula is C23H33NO8. The summed E-state index contributed by atoms with van der Waals surface area (Å²) >= 11 is 0. The maximum absolute atomic E-state index is 12.5. The van der Waals surface area contributed by atoms with Gasteiger partial charge in [-0.05, 0) is 37.0 Å². The van der Waals surface area contributed by atoms with Crippen LogP contribution >= 0.6 is 0 Å². The van der Waals surface area contributed by atoms with Crippen molar-refractivity contribution in [3.63, 3.8) is 0 Å². The topological polar surface area (TPSA) is 131 Å². The van der Waals surface area contributed by atoms with Crippen LogP contribution in [0.2, 0.25) is 0 Å². The number of carbonyl (C=O) groups is 4. The second-order valence-electron chi connectivity index (χ2n) is 8.23. The zero-order chi connectivity index (χ0) is 24.5. The Bertz CT molecular complexity index is 835. The Morgan fingerprint density at radius 3 is 2.12 bits per heavy atom. The van der Waals surface area contributed by atoms with Gasteiger partial charge >= 0.3 is 23.9 Å². The normalized spacial score (nSPS) is 13.6. The second kappa shape index (κ2) is 12.2. The number of esters is 4. The van der Waals surface area contributed by atoms with Crippen LogP contribution in [0.5, 0.6) is 11.5 Å². The van der Waals surface area contributed by atoms with E-state index in [2.05, 4.69) is 0 Å². The maximum Gasteiger partial charge on any atom is 0.326 e. The third kappa shape index (κ3) is 9.05. The predicted octanol–water partition coefficient (Wildman–Crippen LogP) is 2.71. The van der Waals surface area contributed by atoms with Gasteiger partial charge in [0.25, 0.3) is 0 Å². The van der Waals surface area contributed by atoms with Crippen LogP contribution in [0.25, 0.3) is 0 Å². The van der Waals surface area contributed by atoms with Gasteiger partial charge in [0.05, 0.1) is 7.11 Å². The lowest BCUT2D eigenvalue weighted by molar-refractivity contribution is -0.155. The average molecular weight is 452 g/mol. The smallest absolute Gasteiger partial charge is 0.326 e. The molecule has 0 saturated carbocycles. The van der Waals surface area contributed by atoms with E-state index in [1.54, 1.807) is 13.0 Å². The van der Waals surface area contributed by atoms with Crippen LogP contribution in [0.1, 0.15) is 59.4 Å². The van der Waals surface area contributed by atoms with E-state index in [9.17, 15) is 19.2 Å². The molecule has 9 nitrogen and oxygen atoms in total. The molecule has 0 spiro atoms. The quantitative estimate of drug-likeness (QED) is 0.398. The van der Waals surface area contributed by atoms with Crippen molar-refractivity contribution >= 4 is 23.9 Å². The van der Waals surface area contributed by atoms with Gasteiger partial charge in [-0.15, -0.1) is 0 Å². The van der Waals surface area contributed by atoms with E-state index in [0.29, 0.717) is 17.9 Å². The van der Waals surface area contributed by atoms with Gasteiger partial charge in [-0.1, -0.05) is 19.9 Å². The molecular weight excluding hydrogens is 418 g/mol. The van der Waals surface area contributed by atoms with Gasteiger partial charge in [0.15, 0.2) is 11.5 Å². The lowest BCUT2D eigenvalue weighted by Crippen LogP contribution is -2.53. The fourth-order valence-electron chi connectivity index (χ4n) is 3.18. The van der Waals surface area contributed by atoms with Crippen molar-refractivity contribution in [2.45, 2.75) is 71.9 Å². The highest BCUT2D eigenvalue weighted by Gasteiger charge is 2.38. The minimum atomic E-state index is -1.51. The van der Waals surface area contributed by atoms with Gasteiger partial charge in [0.1, 0.15) is 11.6 Å². The Hall–Kier alpha value is -2.94. The Kier molecular flexibility index (Phi) is 10.3. The molecule has 1 unspecified atom stereocenters.